The first kappa shape index (κ1) is 16.5. The summed E-state index contributed by atoms with van der Waals surface area (Å²) >= 11 is 0. The summed E-state index contributed by atoms with van der Waals surface area (Å²) in [6, 6.07) is 2.52. The van der Waals surface area contributed by atoms with Crippen LogP contribution in [0.25, 0.3) is 0 Å². The van der Waals surface area contributed by atoms with Gasteiger partial charge in [0.1, 0.15) is 0 Å². The maximum absolute atomic E-state index is 12.0. The van der Waals surface area contributed by atoms with Crippen molar-refractivity contribution in [3.63, 3.8) is 0 Å². The van der Waals surface area contributed by atoms with Gasteiger partial charge in [-0.25, -0.2) is 13.4 Å². The van der Waals surface area contributed by atoms with E-state index in [0.29, 0.717) is 0 Å². The second kappa shape index (κ2) is 6.11. The van der Waals surface area contributed by atoms with E-state index in [1.54, 1.807) is 0 Å². The number of pyridine rings is 1. The van der Waals surface area contributed by atoms with Crippen molar-refractivity contribution < 1.29 is 31.1 Å². The molecule has 122 valence electrons. The number of nitrogens with zero attached hydrogens (tertiary/aromatic N) is 1. The van der Waals surface area contributed by atoms with Crippen LogP contribution >= 0.6 is 0 Å². The predicted octanol–water partition coefficient (Wildman–Crippen LogP) is 1.40. The van der Waals surface area contributed by atoms with E-state index in [0.717, 1.165) is 6.20 Å². The standard InChI is InChI=1S/C12H13F3N2O4S/c13-12(14,15)7-21-10-2-1-9(5-16-10)17-11(18)8-3-4-22(19,20)6-8/h1-2,5,8H,3-4,6-7H2,(H,17,18)/t8-/m1/s1. The summed E-state index contributed by atoms with van der Waals surface area (Å²) in [7, 11) is -3.16. The largest absolute Gasteiger partial charge is 0.468 e. The van der Waals surface area contributed by atoms with Gasteiger partial charge in [-0.15, -0.1) is 0 Å². The van der Waals surface area contributed by atoms with Crippen LogP contribution in [0.4, 0.5) is 18.9 Å². The highest BCUT2D eigenvalue weighted by Crippen LogP contribution is 2.21. The summed E-state index contributed by atoms with van der Waals surface area (Å²) in [4.78, 5) is 15.5. The minimum absolute atomic E-state index is 0.0203. The molecule has 1 amide bonds. The lowest BCUT2D eigenvalue weighted by Gasteiger charge is -2.11. The van der Waals surface area contributed by atoms with E-state index in [-0.39, 0.29) is 29.5 Å². The molecule has 0 aliphatic carbocycles. The number of nitrogens with one attached hydrogen (secondary N) is 1. The van der Waals surface area contributed by atoms with Gasteiger partial charge >= 0.3 is 6.18 Å². The molecule has 0 radical (unpaired) electrons. The van der Waals surface area contributed by atoms with Crippen molar-refractivity contribution in [2.24, 2.45) is 5.92 Å². The molecular formula is C12H13F3N2O4S. The van der Waals surface area contributed by atoms with Crippen LogP contribution in [0.1, 0.15) is 6.42 Å². The summed E-state index contributed by atoms with van der Waals surface area (Å²) in [6.45, 7) is -1.45. The molecule has 22 heavy (non-hydrogen) atoms. The third-order valence-electron chi connectivity index (χ3n) is 2.99. The van der Waals surface area contributed by atoms with Gasteiger partial charge in [0.25, 0.3) is 0 Å². The van der Waals surface area contributed by atoms with Gasteiger partial charge in [0.05, 0.1) is 29.3 Å². The van der Waals surface area contributed by atoms with Gasteiger partial charge in [-0.2, -0.15) is 13.2 Å². The highest BCUT2D eigenvalue weighted by Gasteiger charge is 2.33. The van der Waals surface area contributed by atoms with Crippen LogP contribution in [-0.4, -0.2) is 43.6 Å². The van der Waals surface area contributed by atoms with E-state index in [1.807, 2.05) is 0 Å². The molecule has 2 heterocycles. The van der Waals surface area contributed by atoms with E-state index in [1.165, 1.54) is 12.1 Å². The van der Waals surface area contributed by atoms with E-state index in [9.17, 15) is 26.4 Å². The third kappa shape index (κ3) is 4.86. The van der Waals surface area contributed by atoms with Crippen LogP contribution in [0.2, 0.25) is 0 Å². The lowest BCUT2D eigenvalue weighted by Crippen LogP contribution is -2.23. The Morgan fingerprint density at radius 1 is 1.41 bits per heavy atom. The number of aromatic nitrogens is 1. The molecule has 2 rings (SSSR count). The van der Waals surface area contributed by atoms with Crippen LogP contribution in [0, 0.1) is 5.92 Å². The summed E-state index contributed by atoms with van der Waals surface area (Å²) < 4.78 is 62.9. The topological polar surface area (TPSA) is 85.4 Å². The van der Waals surface area contributed by atoms with Crippen LogP contribution in [0.15, 0.2) is 18.3 Å². The number of ether oxygens (including phenoxy) is 1. The summed E-state index contributed by atoms with van der Waals surface area (Å²) in [5, 5.41) is 2.48. The molecule has 0 saturated carbocycles. The maximum atomic E-state index is 12.0. The van der Waals surface area contributed by atoms with Crippen molar-refractivity contribution in [1.29, 1.82) is 0 Å². The minimum Gasteiger partial charge on any atom is -0.468 e. The van der Waals surface area contributed by atoms with Gasteiger partial charge in [-0.1, -0.05) is 0 Å². The second-order valence-electron chi connectivity index (χ2n) is 4.88. The Hall–Kier alpha value is -1.84. The molecule has 1 N–H and O–H groups in total. The molecular weight excluding hydrogens is 325 g/mol. The molecule has 1 saturated heterocycles. The van der Waals surface area contributed by atoms with Crippen molar-refractivity contribution in [3.8, 4) is 5.88 Å². The zero-order valence-electron chi connectivity index (χ0n) is 11.3. The van der Waals surface area contributed by atoms with E-state index < -0.39 is 34.4 Å². The molecule has 6 nitrogen and oxygen atoms in total. The molecule has 1 atom stereocenters. The molecule has 0 bridgehead atoms. The molecule has 1 aliphatic rings. The fourth-order valence-corrected chi connectivity index (χ4v) is 3.68. The second-order valence-corrected chi connectivity index (χ2v) is 7.11. The van der Waals surface area contributed by atoms with Gasteiger partial charge < -0.3 is 10.1 Å². The fraction of sp³-hybridized carbons (Fsp3) is 0.500. The van der Waals surface area contributed by atoms with Crippen molar-refractivity contribution in [2.75, 3.05) is 23.4 Å². The number of carbonyl (C=O) groups excluding carboxylic acids is 1. The Labute approximate surface area is 124 Å². The first-order valence-corrected chi connectivity index (χ1v) is 8.14. The predicted molar refractivity (Wildman–Crippen MR) is 71.2 cm³/mol. The van der Waals surface area contributed by atoms with Crippen LogP contribution < -0.4 is 10.1 Å². The fourth-order valence-electron chi connectivity index (χ4n) is 1.94. The average molecular weight is 338 g/mol. The van der Waals surface area contributed by atoms with Crippen molar-refractivity contribution >= 4 is 21.4 Å². The van der Waals surface area contributed by atoms with Crippen LogP contribution in [0.5, 0.6) is 5.88 Å². The molecule has 0 aromatic carbocycles. The van der Waals surface area contributed by atoms with Gasteiger partial charge in [0.2, 0.25) is 11.8 Å². The smallest absolute Gasteiger partial charge is 0.422 e. The number of rotatable bonds is 4. The van der Waals surface area contributed by atoms with Crippen LogP contribution in [-0.2, 0) is 14.6 Å². The number of sulfone groups is 1. The van der Waals surface area contributed by atoms with Gasteiger partial charge in [-0.05, 0) is 12.5 Å². The SMILES string of the molecule is O=C(Nc1ccc(OCC(F)(F)F)nc1)[C@@H]1CCS(=O)(=O)C1. The maximum Gasteiger partial charge on any atom is 0.422 e. The summed E-state index contributed by atoms with van der Waals surface area (Å²) in [5.41, 5.74) is 0.258. The molecule has 10 heteroatoms. The van der Waals surface area contributed by atoms with Crippen molar-refractivity contribution in [2.45, 2.75) is 12.6 Å². The van der Waals surface area contributed by atoms with E-state index in [4.69, 9.17) is 0 Å². The Kier molecular flexibility index (Phi) is 4.59. The highest BCUT2D eigenvalue weighted by molar-refractivity contribution is 7.91. The zero-order valence-corrected chi connectivity index (χ0v) is 12.1. The molecule has 0 spiro atoms. The minimum atomic E-state index is -4.46. The molecule has 1 aliphatic heterocycles. The van der Waals surface area contributed by atoms with Crippen molar-refractivity contribution in [3.05, 3.63) is 18.3 Å². The summed E-state index contributed by atoms with van der Waals surface area (Å²) in [5.74, 6) is -1.51. The Bertz CT molecular complexity index is 643. The lowest BCUT2D eigenvalue weighted by atomic mass is 10.1. The van der Waals surface area contributed by atoms with Gasteiger partial charge in [0, 0.05) is 6.07 Å². The summed E-state index contributed by atoms with van der Waals surface area (Å²) in [6.07, 6.45) is -3.05. The molecule has 0 unspecified atom stereocenters. The van der Waals surface area contributed by atoms with E-state index >= 15 is 0 Å². The van der Waals surface area contributed by atoms with E-state index in [2.05, 4.69) is 15.0 Å². The number of halogens is 3. The Balaban J connectivity index is 1.90. The number of hydrogen-bond donors (Lipinski definition) is 1. The van der Waals surface area contributed by atoms with Gasteiger partial charge in [-0.3, -0.25) is 4.79 Å². The normalized spacial score (nSPS) is 20.6. The number of hydrogen-bond acceptors (Lipinski definition) is 5. The quantitative estimate of drug-likeness (QED) is 0.897. The monoisotopic (exact) mass is 338 g/mol. The lowest BCUT2D eigenvalue weighted by molar-refractivity contribution is -0.154. The number of alkyl halides is 3. The average Bonchev–Trinajstić information content (AvgIpc) is 2.77. The van der Waals surface area contributed by atoms with Gasteiger partial charge in [0.15, 0.2) is 16.4 Å². The number of anilines is 1. The first-order valence-electron chi connectivity index (χ1n) is 6.31. The molecule has 1 fully saturated rings. The van der Waals surface area contributed by atoms with Crippen molar-refractivity contribution in [1.82, 2.24) is 4.98 Å². The highest BCUT2D eigenvalue weighted by atomic mass is 32.2. The molecule has 1 aromatic rings. The Morgan fingerprint density at radius 2 is 2.14 bits per heavy atom. The first-order chi connectivity index (χ1) is 10.1. The molecule has 1 aromatic heterocycles. The zero-order chi connectivity index (χ0) is 16.4. The number of amides is 1. The Morgan fingerprint density at radius 3 is 2.64 bits per heavy atom. The number of carbonyl (C=O) groups is 1. The van der Waals surface area contributed by atoms with Crippen LogP contribution in [0.3, 0.4) is 0 Å². The third-order valence-corrected chi connectivity index (χ3v) is 4.76.